The molecule has 9 heavy (non-hydrogen) atoms. The van der Waals surface area contributed by atoms with Gasteiger partial charge < -0.3 is 0 Å². The summed E-state index contributed by atoms with van der Waals surface area (Å²) in [5.74, 6) is 0.944. The first-order valence-electron chi connectivity index (χ1n) is 3.50. The lowest BCUT2D eigenvalue weighted by Crippen LogP contribution is -2.25. The lowest BCUT2D eigenvalue weighted by molar-refractivity contribution is 0.434. The summed E-state index contributed by atoms with van der Waals surface area (Å²) in [5.41, 5.74) is 0. The molecule has 1 aliphatic carbocycles. The maximum atomic E-state index is 2.59. The fraction of sp³-hybridized carbons (Fsp3) is 1.00. The summed E-state index contributed by atoms with van der Waals surface area (Å²) in [7, 11) is 0. The normalized spacial score (nSPS) is 45.0. The van der Waals surface area contributed by atoms with Crippen molar-refractivity contribution in [2.24, 2.45) is 5.92 Å². The second-order valence-electron chi connectivity index (χ2n) is 2.82. The molecule has 1 aliphatic rings. The summed E-state index contributed by atoms with van der Waals surface area (Å²) in [6, 6.07) is 0. The van der Waals surface area contributed by atoms with Gasteiger partial charge in [0.2, 0.25) is 0 Å². The highest BCUT2D eigenvalue weighted by molar-refractivity contribution is 14.1. The van der Waals surface area contributed by atoms with Gasteiger partial charge in [-0.15, -0.1) is 0 Å². The van der Waals surface area contributed by atoms with Gasteiger partial charge >= 0.3 is 0 Å². The van der Waals surface area contributed by atoms with Crippen LogP contribution >= 0.6 is 45.2 Å². The smallest absolute Gasteiger partial charge is 0.0145 e. The molecule has 0 aromatic carbocycles. The van der Waals surface area contributed by atoms with Crippen molar-refractivity contribution in [3.8, 4) is 0 Å². The predicted molar refractivity (Wildman–Crippen MR) is 58.6 cm³/mol. The topological polar surface area (TPSA) is 0 Å². The molecule has 0 N–H and O–H groups in total. The van der Waals surface area contributed by atoms with Gasteiger partial charge in [0.15, 0.2) is 0 Å². The Morgan fingerprint density at radius 1 is 1.11 bits per heavy atom. The van der Waals surface area contributed by atoms with E-state index in [1.54, 1.807) is 0 Å². The molecule has 0 spiro atoms. The fourth-order valence-electron chi connectivity index (χ4n) is 1.26. The molecular formula is C7H12I2. The molecular weight excluding hydrogens is 338 g/mol. The van der Waals surface area contributed by atoms with Crippen LogP contribution in [0.15, 0.2) is 0 Å². The van der Waals surface area contributed by atoms with Crippen LogP contribution in [0.2, 0.25) is 0 Å². The SMILES string of the molecule is CC1C(I)CCCC1I. The summed E-state index contributed by atoms with van der Waals surface area (Å²) in [5, 5.41) is 0. The van der Waals surface area contributed by atoms with Gasteiger partial charge in [0.25, 0.3) is 0 Å². The summed E-state index contributed by atoms with van der Waals surface area (Å²) in [6.07, 6.45) is 4.34. The Morgan fingerprint density at radius 3 is 1.89 bits per heavy atom. The summed E-state index contributed by atoms with van der Waals surface area (Å²) >= 11 is 5.19. The molecule has 54 valence electrons. The molecule has 2 atom stereocenters. The van der Waals surface area contributed by atoms with Gasteiger partial charge in [0.1, 0.15) is 0 Å². The molecule has 1 saturated carbocycles. The average molecular weight is 350 g/mol. The van der Waals surface area contributed by atoms with E-state index >= 15 is 0 Å². The third-order valence-electron chi connectivity index (χ3n) is 2.10. The Morgan fingerprint density at radius 2 is 1.56 bits per heavy atom. The third kappa shape index (κ3) is 2.20. The first-order chi connectivity index (χ1) is 4.22. The number of halogens is 2. The molecule has 0 heterocycles. The number of alkyl halides is 2. The van der Waals surface area contributed by atoms with Crippen molar-refractivity contribution in [1.82, 2.24) is 0 Å². The molecule has 0 radical (unpaired) electrons. The highest BCUT2D eigenvalue weighted by atomic mass is 127. The van der Waals surface area contributed by atoms with Gasteiger partial charge in [-0.05, 0) is 18.8 Å². The monoisotopic (exact) mass is 350 g/mol. The molecule has 0 aromatic heterocycles. The Balaban J connectivity index is 2.41. The van der Waals surface area contributed by atoms with E-state index in [0.717, 1.165) is 13.8 Å². The van der Waals surface area contributed by atoms with Crippen LogP contribution in [-0.4, -0.2) is 7.85 Å². The van der Waals surface area contributed by atoms with Gasteiger partial charge in [0.05, 0.1) is 0 Å². The first kappa shape index (κ1) is 8.56. The van der Waals surface area contributed by atoms with Crippen molar-refractivity contribution >= 4 is 45.2 Å². The van der Waals surface area contributed by atoms with E-state index in [-0.39, 0.29) is 0 Å². The van der Waals surface area contributed by atoms with Gasteiger partial charge in [0, 0.05) is 7.85 Å². The zero-order chi connectivity index (χ0) is 6.85. The molecule has 1 fully saturated rings. The largest absolute Gasteiger partial charge is 0.0823 e. The Kier molecular flexibility index (Phi) is 3.55. The Labute approximate surface area is 84.4 Å². The van der Waals surface area contributed by atoms with Gasteiger partial charge in [-0.25, -0.2) is 0 Å². The van der Waals surface area contributed by atoms with E-state index in [1.807, 2.05) is 0 Å². The van der Waals surface area contributed by atoms with E-state index in [4.69, 9.17) is 0 Å². The molecule has 0 amide bonds. The van der Waals surface area contributed by atoms with E-state index in [2.05, 4.69) is 52.1 Å². The van der Waals surface area contributed by atoms with Crippen LogP contribution in [0.1, 0.15) is 26.2 Å². The molecule has 2 unspecified atom stereocenters. The summed E-state index contributed by atoms with van der Waals surface area (Å²) < 4.78 is 1.89. The van der Waals surface area contributed by atoms with Crippen LogP contribution in [0.5, 0.6) is 0 Å². The van der Waals surface area contributed by atoms with Crippen LogP contribution in [0.3, 0.4) is 0 Å². The highest BCUT2D eigenvalue weighted by Gasteiger charge is 2.25. The minimum absolute atomic E-state index is 0.943. The van der Waals surface area contributed by atoms with Crippen molar-refractivity contribution < 1.29 is 0 Å². The maximum Gasteiger partial charge on any atom is 0.0145 e. The Hall–Kier alpha value is 1.46. The number of rotatable bonds is 0. The Bertz CT molecular complexity index is 82.9. The quantitative estimate of drug-likeness (QED) is 0.464. The van der Waals surface area contributed by atoms with Crippen molar-refractivity contribution in [3.63, 3.8) is 0 Å². The third-order valence-corrected chi connectivity index (χ3v) is 5.62. The predicted octanol–water partition coefficient (Wildman–Crippen LogP) is 3.41. The van der Waals surface area contributed by atoms with Crippen LogP contribution < -0.4 is 0 Å². The second kappa shape index (κ2) is 3.74. The maximum absolute atomic E-state index is 2.59. The van der Waals surface area contributed by atoms with Crippen molar-refractivity contribution in [2.75, 3.05) is 0 Å². The lowest BCUT2D eigenvalue weighted by Gasteiger charge is -2.28. The molecule has 0 aliphatic heterocycles. The van der Waals surface area contributed by atoms with Crippen molar-refractivity contribution in [2.45, 2.75) is 34.0 Å². The van der Waals surface area contributed by atoms with Gasteiger partial charge in [-0.1, -0.05) is 58.5 Å². The zero-order valence-electron chi connectivity index (χ0n) is 5.61. The fourth-order valence-corrected chi connectivity index (χ4v) is 3.94. The van der Waals surface area contributed by atoms with Crippen molar-refractivity contribution in [3.05, 3.63) is 0 Å². The second-order valence-corrected chi connectivity index (χ2v) is 6.02. The molecule has 1 rings (SSSR count). The first-order valence-corrected chi connectivity index (χ1v) is 5.99. The molecule has 0 saturated heterocycles. The number of hydrogen-bond donors (Lipinski definition) is 0. The molecule has 0 bridgehead atoms. The minimum Gasteiger partial charge on any atom is -0.0823 e. The highest BCUT2D eigenvalue weighted by Crippen LogP contribution is 2.34. The van der Waals surface area contributed by atoms with E-state index in [9.17, 15) is 0 Å². The average Bonchev–Trinajstić information content (AvgIpc) is 1.83. The minimum atomic E-state index is 0.943. The van der Waals surface area contributed by atoms with E-state index in [0.29, 0.717) is 0 Å². The van der Waals surface area contributed by atoms with Gasteiger partial charge in [-0.3, -0.25) is 0 Å². The van der Waals surface area contributed by atoms with E-state index < -0.39 is 0 Å². The van der Waals surface area contributed by atoms with Crippen LogP contribution in [0.4, 0.5) is 0 Å². The summed E-state index contributed by atoms with van der Waals surface area (Å²) in [4.78, 5) is 0. The van der Waals surface area contributed by atoms with E-state index in [1.165, 1.54) is 19.3 Å². The van der Waals surface area contributed by atoms with Crippen LogP contribution in [0.25, 0.3) is 0 Å². The lowest BCUT2D eigenvalue weighted by atomic mass is 9.91. The van der Waals surface area contributed by atoms with Gasteiger partial charge in [-0.2, -0.15) is 0 Å². The van der Waals surface area contributed by atoms with Crippen LogP contribution in [-0.2, 0) is 0 Å². The molecule has 0 nitrogen and oxygen atoms in total. The standard InChI is InChI=1S/C7H12I2/c1-5-6(8)3-2-4-7(5)9/h5-7H,2-4H2,1H3. The zero-order valence-corrected chi connectivity index (χ0v) is 9.92. The molecule has 0 aromatic rings. The molecule has 2 heteroatoms. The summed E-state index contributed by atoms with van der Waals surface area (Å²) in [6.45, 7) is 2.38. The number of hydrogen-bond acceptors (Lipinski definition) is 0. The van der Waals surface area contributed by atoms with Crippen LogP contribution in [0, 0.1) is 5.92 Å². The van der Waals surface area contributed by atoms with Crippen molar-refractivity contribution in [1.29, 1.82) is 0 Å².